The summed E-state index contributed by atoms with van der Waals surface area (Å²) >= 11 is 0. The predicted octanol–water partition coefficient (Wildman–Crippen LogP) is 3.15. The molecule has 0 bridgehead atoms. The molecule has 1 atom stereocenters. The van der Waals surface area contributed by atoms with Crippen LogP contribution in [-0.4, -0.2) is 33.6 Å². The van der Waals surface area contributed by atoms with Gasteiger partial charge in [0.15, 0.2) is 0 Å². The largest absolute Gasteiger partial charge is 0.293 e. The first-order valence-electron chi connectivity index (χ1n) is 8.83. The fourth-order valence-electron chi connectivity index (χ4n) is 3.41. The third-order valence-corrected chi connectivity index (χ3v) is 4.75. The van der Waals surface area contributed by atoms with Gasteiger partial charge < -0.3 is 0 Å². The Hall–Kier alpha value is -3.47. The van der Waals surface area contributed by atoms with Crippen LogP contribution in [0.2, 0.25) is 0 Å². The second-order valence-electron chi connectivity index (χ2n) is 6.48. The van der Waals surface area contributed by atoms with Gasteiger partial charge in [-0.3, -0.25) is 24.2 Å². The molecule has 0 saturated heterocycles. The molecule has 2 aromatic carbocycles. The van der Waals surface area contributed by atoms with Crippen LogP contribution in [0.15, 0.2) is 79.1 Å². The van der Waals surface area contributed by atoms with Gasteiger partial charge in [0.1, 0.15) is 6.04 Å². The number of imide groups is 1. The fourth-order valence-corrected chi connectivity index (χ4v) is 3.41. The highest BCUT2D eigenvalue weighted by Gasteiger charge is 2.43. The van der Waals surface area contributed by atoms with Gasteiger partial charge in [-0.1, -0.05) is 54.6 Å². The zero-order valence-corrected chi connectivity index (χ0v) is 14.6. The molecule has 0 saturated carbocycles. The van der Waals surface area contributed by atoms with E-state index in [1.165, 1.54) is 4.90 Å². The summed E-state index contributed by atoms with van der Waals surface area (Å²) < 4.78 is 0. The van der Waals surface area contributed by atoms with Crippen molar-refractivity contribution in [2.45, 2.75) is 18.9 Å². The number of hydrogen-bond acceptors (Lipinski definition) is 3. The van der Waals surface area contributed by atoms with E-state index in [1.807, 2.05) is 42.5 Å². The van der Waals surface area contributed by atoms with E-state index in [9.17, 15) is 14.4 Å². The Morgan fingerprint density at radius 2 is 1.41 bits per heavy atom. The summed E-state index contributed by atoms with van der Waals surface area (Å²) in [4.78, 5) is 41.6. The lowest BCUT2D eigenvalue weighted by atomic mass is 10.0. The van der Waals surface area contributed by atoms with Gasteiger partial charge in [0.25, 0.3) is 17.7 Å². The van der Waals surface area contributed by atoms with Crippen molar-refractivity contribution in [2.75, 3.05) is 0 Å². The average Bonchev–Trinajstić information content (AvgIpc) is 2.98. The van der Waals surface area contributed by atoms with Gasteiger partial charge >= 0.3 is 0 Å². The normalized spacial score (nSPS) is 16.6. The van der Waals surface area contributed by atoms with E-state index >= 15 is 0 Å². The van der Waals surface area contributed by atoms with Gasteiger partial charge in [0, 0.05) is 18.8 Å². The second-order valence-corrected chi connectivity index (χ2v) is 6.48. The maximum Gasteiger partial charge on any atom is 0.262 e. The van der Waals surface area contributed by atoms with E-state index in [-0.39, 0.29) is 12.3 Å². The van der Waals surface area contributed by atoms with Gasteiger partial charge in [-0.25, -0.2) is 0 Å². The van der Waals surface area contributed by atoms with Crippen molar-refractivity contribution >= 4 is 17.7 Å². The third kappa shape index (κ3) is 3.08. The van der Waals surface area contributed by atoms with Crippen molar-refractivity contribution in [1.82, 2.24) is 9.80 Å². The zero-order chi connectivity index (χ0) is 18.8. The fraction of sp³-hybridized carbons (Fsp3) is 0.136. The molecule has 27 heavy (non-hydrogen) atoms. The molecule has 4 rings (SSSR count). The molecule has 0 N–H and O–H groups in total. The van der Waals surface area contributed by atoms with Crippen LogP contribution in [0.3, 0.4) is 0 Å². The van der Waals surface area contributed by atoms with E-state index < -0.39 is 17.9 Å². The molecule has 0 unspecified atom stereocenters. The number of rotatable bonds is 4. The maximum atomic E-state index is 13.2. The molecule has 0 fully saturated rings. The van der Waals surface area contributed by atoms with Crippen LogP contribution >= 0.6 is 0 Å². The van der Waals surface area contributed by atoms with Crippen LogP contribution < -0.4 is 0 Å². The minimum absolute atomic E-state index is 0.267. The number of fused-ring (bicyclic) bond motifs is 1. The molecular weight excluding hydrogens is 340 g/mol. The third-order valence-electron chi connectivity index (χ3n) is 4.75. The first-order chi connectivity index (χ1) is 13.2. The maximum absolute atomic E-state index is 13.2. The Labute approximate surface area is 157 Å². The summed E-state index contributed by atoms with van der Waals surface area (Å²) in [6.07, 6.45) is 8.10. The lowest BCUT2D eigenvalue weighted by molar-refractivity contribution is -0.130. The molecule has 2 heterocycles. The minimum Gasteiger partial charge on any atom is -0.293 e. The topological polar surface area (TPSA) is 57.7 Å². The zero-order valence-electron chi connectivity index (χ0n) is 14.6. The summed E-state index contributed by atoms with van der Waals surface area (Å²) in [5.41, 5.74) is 1.58. The Balaban J connectivity index is 1.72. The Morgan fingerprint density at radius 3 is 2.00 bits per heavy atom. The molecule has 0 aliphatic carbocycles. The van der Waals surface area contributed by atoms with E-state index in [4.69, 9.17) is 0 Å². The Bertz CT molecular complexity index is 916. The molecule has 134 valence electrons. The number of carbonyl (C=O) groups is 3. The van der Waals surface area contributed by atoms with Crippen LogP contribution in [0.5, 0.6) is 0 Å². The van der Waals surface area contributed by atoms with Gasteiger partial charge in [-0.2, -0.15) is 0 Å². The van der Waals surface area contributed by atoms with Crippen LogP contribution in [0.1, 0.15) is 32.7 Å². The molecule has 5 heteroatoms. The molecule has 0 radical (unpaired) electrons. The van der Waals surface area contributed by atoms with Crippen molar-refractivity contribution in [3.05, 3.63) is 95.8 Å². The van der Waals surface area contributed by atoms with Gasteiger partial charge in [-0.15, -0.1) is 0 Å². The summed E-state index contributed by atoms with van der Waals surface area (Å²) in [5, 5.41) is 0. The van der Waals surface area contributed by atoms with Crippen molar-refractivity contribution in [2.24, 2.45) is 0 Å². The van der Waals surface area contributed by atoms with Crippen molar-refractivity contribution in [3.8, 4) is 0 Å². The summed E-state index contributed by atoms with van der Waals surface area (Å²) in [6.45, 7) is 0. The van der Waals surface area contributed by atoms with Crippen LogP contribution in [0, 0.1) is 0 Å². The van der Waals surface area contributed by atoms with Crippen LogP contribution in [0.4, 0.5) is 0 Å². The number of allylic oxidation sites excluding steroid dienone is 2. The number of nitrogens with zero attached hydrogens (tertiary/aromatic N) is 2. The number of hydrogen-bond donors (Lipinski definition) is 0. The Kier molecular flexibility index (Phi) is 4.42. The monoisotopic (exact) mass is 358 g/mol. The van der Waals surface area contributed by atoms with Crippen molar-refractivity contribution < 1.29 is 14.4 Å². The predicted molar refractivity (Wildman–Crippen MR) is 101 cm³/mol. The van der Waals surface area contributed by atoms with Gasteiger partial charge in [0.05, 0.1) is 11.1 Å². The molecule has 2 aromatic rings. The van der Waals surface area contributed by atoms with Crippen molar-refractivity contribution in [1.29, 1.82) is 0 Å². The lowest BCUT2D eigenvalue weighted by Crippen LogP contribution is -2.50. The molecule has 0 aromatic heterocycles. The van der Waals surface area contributed by atoms with E-state index in [0.717, 1.165) is 16.9 Å². The van der Waals surface area contributed by atoms with Gasteiger partial charge in [0.2, 0.25) is 0 Å². The molecule has 5 nitrogen and oxygen atoms in total. The highest BCUT2D eigenvalue weighted by molar-refractivity contribution is 6.22. The smallest absolute Gasteiger partial charge is 0.262 e. The minimum atomic E-state index is -0.910. The highest BCUT2D eigenvalue weighted by Crippen LogP contribution is 2.27. The SMILES string of the molecule is O=C([C@@H](Cc1ccccc1)N1C(=O)c2ccccc2C1=O)N1C=CCC=C1. The average molecular weight is 358 g/mol. The van der Waals surface area contributed by atoms with Gasteiger partial charge in [-0.05, 0) is 24.1 Å². The van der Waals surface area contributed by atoms with Crippen molar-refractivity contribution in [3.63, 3.8) is 0 Å². The first-order valence-corrected chi connectivity index (χ1v) is 8.83. The molecule has 2 aliphatic heterocycles. The standard InChI is InChI=1S/C22H18N2O3/c25-20-17-11-5-6-12-18(17)21(26)24(20)19(15-16-9-3-1-4-10-16)22(27)23-13-7-2-8-14-23/h1,3-14,19H,2,15H2/t19-/m1/s1. The molecule has 2 aliphatic rings. The number of amides is 3. The van der Waals surface area contributed by atoms with E-state index in [1.54, 1.807) is 36.7 Å². The van der Waals surface area contributed by atoms with E-state index in [0.29, 0.717) is 11.1 Å². The second kappa shape index (κ2) is 7.03. The summed E-state index contributed by atoms with van der Waals surface area (Å²) in [7, 11) is 0. The quantitative estimate of drug-likeness (QED) is 0.789. The first kappa shape index (κ1) is 17.0. The highest BCUT2D eigenvalue weighted by atomic mass is 16.2. The molecule has 0 spiro atoms. The number of benzene rings is 2. The van der Waals surface area contributed by atoms with Crippen LogP contribution in [-0.2, 0) is 11.2 Å². The Morgan fingerprint density at radius 1 is 0.852 bits per heavy atom. The number of carbonyl (C=O) groups excluding carboxylic acids is 3. The summed E-state index contributed by atoms with van der Waals surface area (Å²) in [5.74, 6) is -1.15. The molecular formula is C22H18N2O3. The summed E-state index contributed by atoms with van der Waals surface area (Å²) in [6, 6.07) is 15.2. The molecule has 3 amide bonds. The van der Waals surface area contributed by atoms with Crippen LogP contribution in [0.25, 0.3) is 0 Å². The van der Waals surface area contributed by atoms with E-state index in [2.05, 4.69) is 0 Å². The lowest BCUT2D eigenvalue weighted by Gasteiger charge is -2.29.